The molecule has 0 aliphatic heterocycles. The minimum atomic E-state index is 0.373. The van der Waals surface area contributed by atoms with E-state index in [1.165, 1.54) is 32.1 Å². The summed E-state index contributed by atoms with van der Waals surface area (Å²) in [6, 6.07) is 0.606. The molecule has 1 aliphatic carbocycles. The highest BCUT2D eigenvalue weighted by Crippen LogP contribution is 2.32. The number of aryl methyl sites for hydroxylation is 1. The fourth-order valence-electron chi connectivity index (χ4n) is 3.16. The van der Waals surface area contributed by atoms with Gasteiger partial charge in [0.1, 0.15) is 11.6 Å². The fourth-order valence-corrected chi connectivity index (χ4v) is 3.16. The van der Waals surface area contributed by atoms with E-state index in [9.17, 15) is 0 Å². The minimum Gasteiger partial charge on any atom is -0.330 e. The Morgan fingerprint density at radius 3 is 2.61 bits per heavy atom. The second-order valence-electron chi connectivity index (χ2n) is 5.49. The summed E-state index contributed by atoms with van der Waals surface area (Å²) in [6.07, 6.45) is 8.86. The predicted molar refractivity (Wildman–Crippen MR) is 73.6 cm³/mol. The van der Waals surface area contributed by atoms with Crippen molar-refractivity contribution in [2.24, 2.45) is 5.73 Å². The Morgan fingerprint density at radius 1 is 1.28 bits per heavy atom. The second-order valence-corrected chi connectivity index (χ2v) is 5.49. The minimum absolute atomic E-state index is 0.373. The van der Waals surface area contributed by atoms with E-state index in [0.717, 1.165) is 24.5 Å². The highest BCUT2D eigenvalue weighted by atomic mass is 15.3. The van der Waals surface area contributed by atoms with Crippen LogP contribution >= 0.6 is 0 Å². The molecule has 0 spiro atoms. The van der Waals surface area contributed by atoms with Crippen LogP contribution in [0.25, 0.3) is 0 Å². The largest absolute Gasteiger partial charge is 0.330 e. The monoisotopic (exact) mass is 250 g/mol. The van der Waals surface area contributed by atoms with Crippen LogP contribution in [-0.2, 0) is 0 Å². The van der Waals surface area contributed by atoms with Crippen molar-refractivity contribution < 1.29 is 0 Å². The first-order valence-corrected chi connectivity index (χ1v) is 7.39. The van der Waals surface area contributed by atoms with E-state index in [4.69, 9.17) is 5.73 Å². The molecule has 0 aromatic carbocycles. The lowest BCUT2D eigenvalue weighted by Gasteiger charge is -2.27. The summed E-state index contributed by atoms with van der Waals surface area (Å²) in [7, 11) is 0. The number of nitrogens with zero attached hydrogens (tertiary/aromatic N) is 3. The third-order valence-corrected chi connectivity index (χ3v) is 4.12. The topological polar surface area (TPSA) is 56.7 Å². The lowest BCUT2D eigenvalue weighted by Crippen LogP contribution is -2.22. The van der Waals surface area contributed by atoms with Gasteiger partial charge in [-0.25, -0.2) is 0 Å². The van der Waals surface area contributed by atoms with Gasteiger partial charge >= 0.3 is 0 Å². The molecule has 2 N–H and O–H groups in total. The summed E-state index contributed by atoms with van der Waals surface area (Å²) >= 11 is 0. The Hall–Kier alpha value is -0.900. The smallest absolute Gasteiger partial charge is 0.137 e. The molecular weight excluding hydrogens is 224 g/mol. The van der Waals surface area contributed by atoms with Gasteiger partial charge in [-0.05, 0) is 26.2 Å². The van der Waals surface area contributed by atoms with Gasteiger partial charge < -0.3 is 10.3 Å². The molecule has 102 valence electrons. The van der Waals surface area contributed by atoms with Gasteiger partial charge in [-0.15, -0.1) is 10.2 Å². The van der Waals surface area contributed by atoms with Crippen LogP contribution in [-0.4, -0.2) is 21.3 Å². The Bertz CT molecular complexity index is 366. The quantitative estimate of drug-likeness (QED) is 0.874. The molecule has 0 amide bonds. The van der Waals surface area contributed by atoms with Crippen molar-refractivity contribution >= 4 is 0 Å². The molecule has 4 heteroatoms. The van der Waals surface area contributed by atoms with Crippen molar-refractivity contribution in [2.75, 3.05) is 6.54 Å². The van der Waals surface area contributed by atoms with E-state index in [0.29, 0.717) is 18.5 Å². The van der Waals surface area contributed by atoms with Crippen LogP contribution in [0.4, 0.5) is 0 Å². The van der Waals surface area contributed by atoms with Crippen LogP contribution < -0.4 is 5.73 Å². The van der Waals surface area contributed by atoms with Crippen LogP contribution in [0.3, 0.4) is 0 Å². The molecule has 1 aromatic heterocycles. The van der Waals surface area contributed by atoms with Crippen LogP contribution in [0.15, 0.2) is 0 Å². The van der Waals surface area contributed by atoms with Crippen molar-refractivity contribution in [2.45, 2.75) is 70.8 Å². The molecule has 0 bridgehead atoms. The number of rotatable bonds is 5. The van der Waals surface area contributed by atoms with Gasteiger partial charge in [-0.2, -0.15) is 0 Å². The third kappa shape index (κ3) is 2.74. The molecule has 2 rings (SSSR count). The summed E-state index contributed by atoms with van der Waals surface area (Å²) in [4.78, 5) is 0. The average molecular weight is 250 g/mol. The van der Waals surface area contributed by atoms with Gasteiger partial charge in [-0.1, -0.05) is 32.6 Å². The summed E-state index contributed by atoms with van der Waals surface area (Å²) in [5.74, 6) is 2.56. The zero-order valence-electron chi connectivity index (χ0n) is 11.7. The van der Waals surface area contributed by atoms with E-state index < -0.39 is 0 Å². The lowest BCUT2D eigenvalue weighted by atomic mass is 9.94. The molecular formula is C14H26N4. The first kappa shape index (κ1) is 13.5. The van der Waals surface area contributed by atoms with Crippen LogP contribution in [0.1, 0.15) is 75.5 Å². The maximum absolute atomic E-state index is 5.92. The first-order valence-electron chi connectivity index (χ1n) is 7.39. The summed E-state index contributed by atoms with van der Waals surface area (Å²) in [5.41, 5.74) is 5.92. The van der Waals surface area contributed by atoms with Crippen molar-refractivity contribution in [1.29, 1.82) is 0 Å². The van der Waals surface area contributed by atoms with Gasteiger partial charge in [-0.3, -0.25) is 0 Å². The summed E-state index contributed by atoms with van der Waals surface area (Å²) in [5, 5.41) is 8.71. The van der Waals surface area contributed by atoms with Gasteiger partial charge in [0.25, 0.3) is 0 Å². The van der Waals surface area contributed by atoms with Gasteiger partial charge in [0.15, 0.2) is 0 Å². The van der Waals surface area contributed by atoms with Gasteiger partial charge in [0.05, 0.1) is 0 Å². The molecule has 1 atom stereocenters. The summed E-state index contributed by atoms with van der Waals surface area (Å²) in [6.45, 7) is 4.96. The molecule has 4 nitrogen and oxygen atoms in total. The molecule has 1 aromatic rings. The normalized spacial score (nSPS) is 19.1. The Morgan fingerprint density at radius 2 is 2.00 bits per heavy atom. The standard InChI is InChI=1S/C14H26N4/c1-3-7-12(10-15)14-17-16-11(2)18(14)13-8-5-4-6-9-13/h12-13H,3-10,15H2,1-2H3. The molecule has 1 unspecified atom stereocenters. The number of nitrogens with two attached hydrogens (primary N) is 1. The third-order valence-electron chi connectivity index (χ3n) is 4.12. The highest BCUT2D eigenvalue weighted by Gasteiger charge is 2.24. The van der Waals surface area contributed by atoms with Crippen molar-refractivity contribution in [3.05, 3.63) is 11.6 Å². The second kappa shape index (κ2) is 6.32. The van der Waals surface area contributed by atoms with Crippen molar-refractivity contribution in [1.82, 2.24) is 14.8 Å². The molecule has 18 heavy (non-hydrogen) atoms. The molecule has 0 radical (unpaired) electrons. The zero-order chi connectivity index (χ0) is 13.0. The molecule has 0 saturated heterocycles. The Labute approximate surface area is 110 Å². The van der Waals surface area contributed by atoms with Crippen LogP contribution in [0.5, 0.6) is 0 Å². The molecule has 1 aliphatic rings. The first-order chi connectivity index (χ1) is 8.77. The van der Waals surface area contributed by atoms with Crippen molar-refractivity contribution in [3.8, 4) is 0 Å². The van der Waals surface area contributed by atoms with E-state index in [-0.39, 0.29) is 0 Å². The molecule has 1 heterocycles. The average Bonchev–Trinajstić information content (AvgIpc) is 2.79. The van der Waals surface area contributed by atoms with E-state index in [1.807, 2.05) is 0 Å². The number of hydrogen-bond donors (Lipinski definition) is 1. The SMILES string of the molecule is CCCC(CN)c1nnc(C)n1C1CCCCC1. The maximum Gasteiger partial charge on any atom is 0.137 e. The maximum atomic E-state index is 5.92. The number of hydrogen-bond acceptors (Lipinski definition) is 3. The lowest BCUT2D eigenvalue weighted by molar-refractivity contribution is 0.334. The molecule has 1 saturated carbocycles. The van der Waals surface area contributed by atoms with Gasteiger partial charge in [0, 0.05) is 18.5 Å². The van der Waals surface area contributed by atoms with Crippen LogP contribution in [0.2, 0.25) is 0 Å². The predicted octanol–water partition coefficient (Wildman–Crippen LogP) is 2.93. The Balaban J connectivity index is 2.24. The van der Waals surface area contributed by atoms with E-state index in [2.05, 4.69) is 28.6 Å². The molecule has 1 fully saturated rings. The Kier molecular flexibility index (Phi) is 4.75. The van der Waals surface area contributed by atoms with Crippen LogP contribution in [0, 0.1) is 6.92 Å². The zero-order valence-corrected chi connectivity index (χ0v) is 11.7. The van der Waals surface area contributed by atoms with Gasteiger partial charge in [0.2, 0.25) is 0 Å². The summed E-state index contributed by atoms with van der Waals surface area (Å²) < 4.78 is 2.38. The van der Waals surface area contributed by atoms with E-state index >= 15 is 0 Å². The number of aromatic nitrogens is 3. The van der Waals surface area contributed by atoms with E-state index in [1.54, 1.807) is 0 Å². The van der Waals surface area contributed by atoms with Crippen molar-refractivity contribution in [3.63, 3.8) is 0 Å². The fraction of sp³-hybridized carbons (Fsp3) is 0.857. The highest BCUT2D eigenvalue weighted by molar-refractivity contribution is 5.04.